The van der Waals surface area contributed by atoms with Crippen molar-refractivity contribution < 1.29 is 9.21 Å². The van der Waals surface area contributed by atoms with E-state index in [1.165, 1.54) is 11.3 Å². The molecule has 4 nitrogen and oxygen atoms in total. The molecule has 0 aliphatic heterocycles. The molecular formula is C18H13BrN2O2S. The van der Waals surface area contributed by atoms with Gasteiger partial charge in [-0.3, -0.25) is 4.79 Å². The second-order valence-corrected chi connectivity index (χ2v) is 7.00. The zero-order chi connectivity index (χ0) is 17.3. The van der Waals surface area contributed by atoms with Crippen LogP contribution in [-0.2, 0) is 0 Å². The zero-order valence-electron chi connectivity index (χ0n) is 13.0. The fourth-order valence-corrected chi connectivity index (χ4v) is 3.60. The number of carbonyl (C=O) groups is 1. The Morgan fingerprint density at radius 2 is 2.04 bits per heavy atom. The van der Waals surface area contributed by atoms with Gasteiger partial charge in [-0.15, -0.1) is 11.3 Å². The molecule has 3 aromatic rings. The maximum Gasteiger partial charge on any atom is 0.292 e. The quantitative estimate of drug-likeness (QED) is 0.629. The monoisotopic (exact) mass is 400 g/mol. The standard InChI is InChI=1S/C18H13BrN2O2S/c1-10-3-4-11(2)12(7-10)14-9-24-18(13(14)8-20)21-17(22)15-5-6-16(19)23-15/h3-7,9H,1-2H3,(H,21,22). The second-order valence-electron chi connectivity index (χ2n) is 5.34. The molecule has 0 fully saturated rings. The van der Waals surface area contributed by atoms with Crippen LogP contribution in [0.4, 0.5) is 5.00 Å². The number of hydrogen-bond donors (Lipinski definition) is 1. The van der Waals surface area contributed by atoms with Gasteiger partial charge in [0.1, 0.15) is 11.1 Å². The van der Waals surface area contributed by atoms with Crippen molar-refractivity contribution in [2.45, 2.75) is 13.8 Å². The Balaban J connectivity index is 1.97. The van der Waals surface area contributed by atoms with Crippen LogP contribution < -0.4 is 5.32 Å². The first kappa shape index (κ1) is 16.5. The Labute approximate surface area is 151 Å². The molecule has 0 atom stereocenters. The summed E-state index contributed by atoms with van der Waals surface area (Å²) in [5.74, 6) is -0.195. The van der Waals surface area contributed by atoms with E-state index in [2.05, 4.69) is 27.3 Å². The average molecular weight is 401 g/mol. The summed E-state index contributed by atoms with van der Waals surface area (Å²) in [4.78, 5) is 12.2. The molecular weight excluding hydrogens is 388 g/mol. The normalized spacial score (nSPS) is 10.4. The molecule has 0 aliphatic carbocycles. The van der Waals surface area contributed by atoms with Crippen LogP contribution >= 0.6 is 27.3 Å². The fraction of sp³-hybridized carbons (Fsp3) is 0.111. The van der Waals surface area contributed by atoms with Gasteiger partial charge in [-0.1, -0.05) is 23.8 Å². The van der Waals surface area contributed by atoms with Crippen LogP contribution in [-0.4, -0.2) is 5.91 Å². The number of nitrogens with one attached hydrogen (secondary N) is 1. The van der Waals surface area contributed by atoms with E-state index in [1.807, 2.05) is 37.4 Å². The lowest BCUT2D eigenvalue weighted by molar-refractivity contribution is 0.0996. The van der Waals surface area contributed by atoms with E-state index in [0.29, 0.717) is 15.2 Å². The molecule has 2 heterocycles. The maximum absolute atomic E-state index is 12.2. The Hall–Kier alpha value is -2.36. The third kappa shape index (κ3) is 3.14. The molecule has 1 aromatic carbocycles. The van der Waals surface area contributed by atoms with Gasteiger partial charge < -0.3 is 9.73 Å². The molecule has 0 saturated carbocycles. The van der Waals surface area contributed by atoms with E-state index in [4.69, 9.17) is 4.42 Å². The SMILES string of the molecule is Cc1ccc(C)c(-c2csc(NC(=O)c3ccc(Br)o3)c2C#N)c1. The molecule has 0 spiro atoms. The molecule has 1 N–H and O–H groups in total. The number of thiophene rings is 1. The number of anilines is 1. The van der Waals surface area contributed by atoms with Crippen molar-refractivity contribution in [2.24, 2.45) is 0 Å². The third-order valence-corrected chi connectivity index (χ3v) is 4.93. The minimum atomic E-state index is -0.383. The fourth-order valence-electron chi connectivity index (χ4n) is 2.39. The number of halogens is 1. The maximum atomic E-state index is 12.2. The molecule has 2 aromatic heterocycles. The minimum absolute atomic E-state index is 0.187. The van der Waals surface area contributed by atoms with Gasteiger partial charge >= 0.3 is 0 Å². The summed E-state index contributed by atoms with van der Waals surface area (Å²) in [5.41, 5.74) is 4.51. The van der Waals surface area contributed by atoms with Crippen molar-refractivity contribution in [3.63, 3.8) is 0 Å². The molecule has 120 valence electrons. The number of carbonyl (C=O) groups excluding carboxylic acids is 1. The molecule has 0 aliphatic rings. The van der Waals surface area contributed by atoms with Crippen LogP contribution in [0, 0.1) is 25.2 Å². The van der Waals surface area contributed by atoms with E-state index >= 15 is 0 Å². The number of nitrogens with zero attached hydrogens (tertiary/aromatic N) is 1. The average Bonchev–Trinajstić information content (AvgIpc) is 3.16. The van der Waals surface area contributed by atoms with E-state index in [0.717, 1.165) is 22.3 Å². The lowest BCUT2D eigenvalue weighted by Crippen LogP contribution is -2.10. The molecule has 3 rings (SSSR count). The van der Waals surface area contributed by atoms with Crippen molar-refractivity contribution in [3.8, 4) is 17.2 Å². The van der Waals surface area contributed by atoms with Crippen LogP contribution in [0.15, 0.2) is 44.8 Å². The third-order valence-electron chi connectivity index (χ3n) is 3.61. The Morgan fingerprint density at radius 3 is 2.71 bits per heavy atom. The number of rotatable bonds is 3. The van der Waals surface area contributed by atoms with Gasteiger partial charge in [-0.05, 0) is 53.0 Å². The highest BCUT2D eigenvalue weighted by Gasteiger charge is 2.18. The molecule has 6 heteroatoms. The first-order chi connectivity index (χ1) is 11.5. The van der Waals surface area contributed by atoms with Gasteiger partial charge in [0.2, 0.25) is 0 Å². The molecule has 24 heavy (non-hydrogen) atoms. The van der Waals surface area contributed by atoms with Crippen LogP contribution in [0.25, 0.3) is 11.1 Å². The highest BCUT2D eigenvalue weighted by atomic mass is 79.9. The van der Waals surface area contributed by atoms with Gasteiger partial charge in [0.25, 0.3) is 5.91 Å². The smallest absolute Gasteiger partial charge is 0.292 e. The second kappa shape index (κ2) is 6.63. The number of furan rings is 1. The zero-order valence-corrected chi connectivity index (χ0v) is 15.4. The summed E-state index contributed by atoms with van der Waals surface area (Å²) < 4.78 is 5.73. The lowest BCUT2D eigenvalue weighted by atomic mass is 9.98. The number of aryl methyl sites for hydroxylation is 2. The molecule has 0 saturated heterocycles. The minimum Gasteiger partial charge on any atom is -0.444 e. The van der Waals surface area contributed by atoms with E-state index in [-0.39, 0.29) is 11.7 Å². The molecule has 0 unspecified atom stereocenters. The summed E-state index contributed by atoms with van der Waals surface area (Å²) in [6.45, 7) is 4.02. The largest absolute Gasteiger partial charge is 0.444 e. The summed E-state index contributed by atoms with van der Waals surface area (Å²) in [5, 5.41) is 14.7. The van der Waals surface area contributed by atoms with E-state index < -0.39 is 0 Å². The number of hydrogen-bond acceptors (Lipinski definition) is 4. The van der Waals surface area contributed by atoms with Crippen LogP contribution in [0.5, 0.6) is 0 Å². The number of benzene rings is 1. The van der Waals surface area contributed by atoms with Crippen LogP contribution in [0.2, 0.25) is 0 Å². The predicted octanol–water partition coefficient (Wildman–Crippen LogP) is 5.51. The van der Waals surface area contributed by atoms with E-state index in [1.54, 1.807) is 12.1 Å². The Morgan fingerprint density at radius 1 is 1.25 bits per heavy atom. The summed E-state index contributed by atoms with van der Waals surface area (Å²) in [6.07, 6.45) is 0. The highest BCUT2D eigenvalue weighted by molar-refractivity contribution is 9.10. The van der Waals surface area contributed by atoms with Crippen molar-refractivity contribution in [1.29, 1.82) is 5.26 Å². The summed E-state index contributed by atoms with van der Waals surface area (Å²) in [7, 11) is 0. The van der Waals surface area contributed by atoms with Crippen molar-refractivity contribution in [3.05, 3.63) is 62.8 Å². The van der Waals surface area contributed by atoms with E-state index in [9.17, 15) is 10.1 Å². The molecule has 0 radical (unpaired) electrons. The number of nitriles is 1. The molecule has 1 amide bonds. The van der Waals surface area contributed by atoms with Crippen LogP contribution in [0.3, 0.4) is 0 Å². The predicted molar refractivity (Wildman–Crippen MR) is 98.3 cm³/mol. The summed E-state index contributed by atoms with van der Waals surface area (Å²) in [6, 6.07) is 11.5. The Kier molecular flexibility index (Phi) is 4.56. The molecule has 0 bridgehead atoms. The van der Waals surface area contributed by atoms with Crippen LogP contribution in [0.1, 0.15) is 27.2 Å². The Bertz CT molecular complexity index is 966. The van der Waals surface area contributed by atoms with Crippen molar-refractivity contribution in [2.75, 3.05) is 5.32 Å². The van der Waals surface area contributed by atoms with Crippen molar-refractivity contribution in [1.82, 2.24) is 0 Å². The van der Waals surface area contributed by atoms with Gasteiger partial charge in [-0.2, -0.15) is 5.26 Å². The summed E-state index contributed by atoms with van der Waals surface area (Å²) >= 11 is 4.50. The lowest BCUT2D eigenvalue weighted by Gasteiger charge is -2.07. The number of amides is 1. The first-order valence-electron chi connectivity index (χ1n) is 7.15. The van der Waals surface area contributed by atoms with Crippen molar-refractivity contribution >= 4 is 38.2 Å². The van der Waals surface area contributed by atoms with Gasteiger partial charge in [-0.25, -0.2) is 0 Å². The van der Waals surface area contributed by atoms with Gasteiger partial charge in [0.15, 0.2) is 10.4 Å². The first-order valence-corrected chi connectivity index (χ1v) is 8.82. The van der Waals surface area contributed by atoms with Gasteiger partial charge in [0, 0.05) is 10.9 Å². The van der Waals surface area contributed by atoms with Gasteiger partial charge in [0.05, 0.1) is 5.56 Å². The topological polar surface area (TPSA) is 66.0 Å². The highest BCUT2D eigenvalue weighted by Crippen LogP contribution is 2.37.